The van der Waals surface area contributed by atoms with Gasteiger partial charge in [-0.15, -0.1) is 0 Å². The van der Waals surface area contributed by atoms with Gasteiger partial charge in [0.15, 0.2) is 0 Å². The molecule has 1 saturated heterocycles. The summed E-state index contributed by atoms with van der Waals surface area (Å²) >= 11 is 0. The van der Waals surface area contributed by atoms with E-state index in [-0.39, 0.29) is 0 Å². The van der Waals surface area contributed by atoms with Gasteiger partial charge in [-0.1, -0.05) is 39.5 Å². The van der Waals surface area contributed by atoms with Crippen molar-refractivity contribution in [2.24, 2.45) is 11.3 Å². The number of likely N-dealkylation sites (tertiary alicyclic amines) is 1. The molecule has 0 radical (unpaired) electrons. The summed E-state index contributed by atoms with van der Waals surface area (Å²) < 4.78 is 0. The Bertz CT molecular complexity index is 239. The van der Waals surface area contributed by atoms with Crippen LogP contribution in [-0.4, -0.2) is 35.7 Å². The van der Waals surface area contributed by atoms with Crippen LogP contribution in [0.2, 0.25) is 0 Å². The van der Waals surface area contributed by atoms with Crippen LogP contribution in [0.15, 0.2) is 0 Å². The zero-order chi connectivity index (χ0) is 13.0. The molecule has 1 N–H and O–H groups in total. The number of hydrogen-bond donors (Lipinski definition) is 1. The van der Waals surface area contributed by atoms with Crippen molar-refractivity contribution in [3.63, 3.8) is 0 Å². The second-order valence-electron chi connectivity index (χ2n) is 6.70. The molecule has 0 spiro atoms. The van der Waals surface area contributed by atoms with E-state index in [2.05, 4.69) is 18.7 Å². The first-order chi connectivity index (χ1) is 8.74. The zero-order valence-corrected chi connectivity index (χ0v) is 12.3. The molecule has 2 atom stereocenters. The highest BCUT2D eigenvalue weighted by molar-refractivity contribution is 4.99. The van der Waals surface area contributed by atoms with Gasteiger partial charge in [-0.3, -0.25) is 4.90 Å². The van der Waals surface area contributed by atoms with Crippen molar-refractivity contribution in [3.8, 4) is 0 Å². The van der Waals surface area contributed by atoms with E-state index in [1.54, 1.807) is 0 Å². The fraction of sp³-hybridized carbons (Fsp3) is 1.00. The molecule has 2 fully saturated rings. The summed E-state index contributed by atoms with van der Waals surface area (Å²) in [4.78, 5) is 2.69. The second-order valence-corrected chi connectivity index (χ2v) is 6.70. The van der Waals surface area contributed by atoms with Gasteiger partial charge in [-0.2, -0.15) is 0 Å². The molecule has 1 heterocycles. The van der Waals surface area contributed by atoms with Crippen LogP contribution >= 0.6 is 0 Å². The SMILES string of the molecule is CCCC1(CCC)CN(C2CCCCC2CO)C1. The number of rotatable bonds is 6. The quantitative estimate of drug-likeness (QED) is 0.784. The third-order valence-electron chi connectivity index (χ3n) is 5.21. The van der Waals surface area contributed by atoms with Crippen LogP contribution in [0.5, 0.6) is 0 Å². The molecule has 1 aliphatic carbocycles. The van der Waals surface area contributed by atoms with Gasteiger partial charge in [-0.25, -0.2) is 0 Å². The van der Waals surface area contributed by atoms with Crippen LogP contribution in [0.4, 0.5) is 0 Å². The molecule has 0 aromatic carbocycles. The first-order valence-electron chi connectivity index (χ1n) is 8.09. The van der Waals surface area contributed by atoms with Gasteiger partial charge >= 0.3 is 0 Å². The molecule has 2 aliphatic rings. The highest BCUT2D eigenvalue weighted by atomic mass is 16.3. The highest BCUT2D eigenvalue weighted by Crippen LogP contribution is 2.43. The topological polar surface area (TPSA) is 23.5 Å². The van der Waals surface area contributed by atoms with E-state index in [1.165, 1.54) is 64.5 Å². The van der Waals surface area contributed by atoms with Crippen molar-refractivity contribution in [2.45, 2.75) is 71.3 Å². The van der Waals surface area contributed by atoms with Gasteiger partial charge in [0.1, 0.15) is 0 Å². The van der Waals surface area contributed by atoms with Crippen LogP contribution in [0.3, 0.4) is 0 Å². The maximum absolute atomic E-state index is 9.54. The molecule has 18 heavy (non-hydrogen) atoms. The molecule has 1 aliphatic heterocycles. The molecule has 0 amide bonds. The molecule has 2 rings (SSSR count). The Morgan fingerprint density at radius 1 is 1.06 bits per heavy atom. The molecule has 2 nitrogen and oxygen atoms in total. The summed E-state index contributed by atoms with van der Waals surface area (Å²) in [7, 11) is 0. The molecular weight excluding hydrogens is 222 g/mol. The molecular formula is C16H31NO. The standard InChI is InChI=1S/C16H31NO/c1-3-9-16(10-4-2)12-17(13-16)15-8-6-5-7-14(15)11-18/h14-15,18H,3-13H2,1-2H3. The van der Waals surface area contributed by atoms with Gasteiger partial charge in [-0.05, 0) is 37.0 Å². The van der Waals surface area contributed by atoms with Crippen LogP contribution < -0.4 is 0 Å². The van der Waals surface area contributed by atoms with Crippen LogP contribution in [0, 0.1) is 11.3 Å². The largest absolute Gasteiger partial charge is 0.396 e. The fourth-order valence-corrected chi connectivity index (χ4v) is 4.43. The minimum atomic E-state index is 0.399. The van der Waals surface area contributed by atoms with Crippen molar-refractivity contribution in [2.75, 3.05) is 19.7 Å². The molecule has 2 unspecified atom stereocenters. The van der Waals surface area contributed by atoms with Crippen molar-refractivity contribution < 1.29 is 5.11 Å². The lowest BCUT2D eigenvalue weighted by atomic mass is 9.70. The van der Waals surface area contributed by atoms with E-state index < -0.39 is 0 Å². The zero-order valence-electron chi connectivity index (χ0n) is 12.3. The second kappa shape index (κ2) is 6.38. The maximum atomic E-state index is 9.54. The summed E-state index contributed by atoms with van der Waals surface area (Å²) in [6.45, 7) is 7.63. The number of hydrogen-bond acceptors (Lipinski definition) is 2. The third kappa shape index (κ3) is 2.91. The predicted molar refractivity (Wildman–Crippen MR) is 76.7 cm³/mol. The van der Waals surface area contributed by atoms with E-state index in [9.17, 15) is 5.11 Å². The Morgan fingerprint density at radius 2 is 1.67 bits per heavy atom. The highest BCUT2D eigenvalue weighted by Gasteiger charge is 2.45. The third-order valence-corrected chi connectivity index (χ3v) is 5.21. The smallest absolute Gasteiger partial charge is 0.0474 e. The predicted octanol–water partition coefficient (Wildman–Crippen LogP) is 3.44. The summed E-state index contributed by atoms with van der Waals surface area (Å²) in [5.41, 5.74) is 0.626. The van der Waals surface area contributed by atoms with Crippen LogP contribution in [0.25, 0.3) is 0 Å². The minimum absolute atomic E-state index is 0.399. The first kappa shape index (κ1) is 14.3. The van der Waals surface area contributed by atoms with E-state index in [4.69, 9.17) is 0 Å². The lowest BCUT2D eigenvalue weighted by molar-refractivity contribution is -0.0753. The van der Waals surface area contributed by atoms with Gasteiger partial charge in [0.25, 0.3) is 0 Å². The molecule has 106 valence electrons. The Balaban J connectivity index is 1.89. The molecule has 0 aromatic heterocycles. The summed E-state index contributed by atoms with van der Waals surface area (Å²) in [6, 6.07) is 0.686. The summed E-state index contributed by atoms with van der Waals surface area (Å²) in [5, 5.41) is 9.54. The average Bonchev–Trinajstić information content (AvgIpc) is 2.35. The Labute approximate surface area is 113 Å². The molecule has 0 aromatic rings. The monoisotopic (exact) mass is 253 g/mol. The lowest BCUT2D eigenvalue weighted by Crippen LogP contribution is -2.62. The van der Waals surface area contributed by atoms with Crippen molar-refractivity contribution in [3.05, 3.63) is 0 Å². The van der Waals surface area contributed by atoms with Crippen LogP contribution in [0.1, 0.15) is 65.2 Å². The molecule has 1 saturated carbocycles. The van der Waals surface area contributed by atoms with Gasteiger partial charge in [0.05, 0.1) is 0 Å². The van der Waals surface area contributed by atoms with E-state index in [1.807, 2.05) is 0 Å². The van der Waals surface area contributed by atoms with Crippen molar-refractivity contribution in [1.29, 1.82) is 0 Å². The number of aliphatic hydroxyl groups is 1. The Kier molecular flexibility index (Phi) is 5.08. The first-order valence-corrected chi connectivity index (χ1v) is 8.09. The maximum Gasteiger partial charge on any atom is 0.0474 e. The Hall–Kier alpha value is -0.0800. The lowest BCUT2D eigenvalue weighted by Gasteiger charge is -2.56. The number of nitrogens with zero attached hydrogens (tertiary/aromatic N) is 1. The minimum Gasteiger partial charge on any atom is -0.396 e. The normalized spacial score (nSPS) is 32.2. The Morgan fingerprint density at radius 3 is 2.22 bits per heavy atom. The van der Waals surface area contributed by atoms with Gasteiger partial charge in [0, 0.05) is 25.7 Å². The van der Waals surface area contributed by atoms with E-state index in [0.29, 0.717) is 24.0 Å². The molecule has 0 bridgehead atoms. The molecule has 2 heteroatoms. The summed E-state index contributed by atoms with van der Waals surface area (Å²) in [5.74, 6) is 0.556. The van der Waals surface area contributed by atoms with Gasteiger partial charge < -0.3 is 5.11 Å². The van der Waals surface area contributed by atoms with E-state index in [0.717, 1.165) is 0 Å². The number of aliphatic hydroxyl groups excluding tert-OH is 1. The average molecular weight is 253 g/mol. The van der Waals surface area contributed by atoms with E-state index >= 15 is 0 Å². The van der Waals surface area contributed by atoms with Crippen molar-refractivity contribution in [1.82, 2.24) is 4.90 Å². The van der Waals surface area contributed by atoms with Crippen molar-refractivity contribution >= 4 is 0 Å². The fourth-order valence-electron chi connectivity index (χ4n) is 4.43. The van der Waals surface area contributed by atoms with Gasteiger partial charge in [0.2, 0.25) is 0 Å². The van der Waals surface area contributed by atoms with Crippen LogP contribution in [-0.2, 0) is 0 Å². The summed E-state index contributed by atoms with van der Waals surface area (Å²) in [6.07, 6.45) is 10.7.